The summed E-state index contributed by atoms with van der Waals surface area (Å²) in [7, 11) is 0. The molecular weight excluding hydrogens is 452 g/mol. The maximum absolute atomic E-state index is 13.0. The summed E-state index contributed by atoms with van der Waals surface area (Å²) < 4.78 is 1.76. The Morgan fingerprint density at radius 3 is 2.59 bits per heavy atom. The summed E-state index contributed by atoms with van der Waals surface area (Å²) in [5.74, 6) is -0.112. The van der Waals surface area contributed by atoms with Crippen LogP contribution in [0.1, 0.15) is 37.3 Å². The number of aryl methyl sites for hydroxylation is 1. The van der Waals surface area contributed by atoms with Crippen LogP contribution in [0.5, 0.6) is 0 Å². The number of piperidine rings is 1. The fourth-order valence-electron chi connectivity index (χ4n) is 3.93. The minimum atomic E-state index is -0.270. The Balaban J connectivity index is 1.38. The summed E-state index contributed by atoms with van der Waals surface area (Å²) >= 11 is 1.29. The highest BCUT2D eigenvalue weighted by Gasteiger charge is 2.26. The molecule has 0 radical (unpaired) electrons. The standard InChI is InChI=1S/C24H30N6O3S/c1-3-10-25-22(32)18-8-11-29(12-9-18)24-28-21-20(34-24)23(33)30(15-27-21)14-19(31)26-13-17-6-4-16(2)5-7-17/h4-7,15,18H,3,8-14H2,1-2H3,(H,25,32)(H,26,31). The van der Waals surface area contributed by atoms with Gasteiger partial charge in [0.2, 0.25) is 11.8 Å². The largest absolute Gasteiger partial charge is 0.356 e. The Morgan fingerprint density at radius 1 is 1.15 bits per heavy atom. The smallest absolute Gasteiger partial charge is 0.273 e. The molecule has 10 heteroatoms. The van der Waals surface area contributed by atoms with Crippen LogP contribution in [0.15, 0.2) is 35.4 Å². The van der Waals surface area contributed by atoms with Crippen LogP contribution in [0.25, 0.3) is 10.3 Å². The fourth-order valence-corrected chi connectivity index (χ4v) is 4.95. The van der Waals surface area contributed by atoms with Crippen molar-refractivity contribution in [2.45, 2.75) is 46.2 Å². The van der Waals surface area contributed by atoms with Crippen molar-refractivity contribution >= 4 is 38.6 Å². The van der Waals surface area contributed by atoms with Crippen molar-refractivity contribution < 1.29 is 9.59 Å². The molecule has 3 heterocycles. The van der Waals surface area contributed by atoms with E-state index in [0.29, 0.717) is 36.5 Å². The maximum atomic E-state index is 13.0. The first-order chi connectivity index (χ1) is 16.4. The molecule has 180 valence electrons. The van der Waals surface area contributed by atoms with Gasteiger partial charge in [0, 0.05) is 32.1 Å². The van der Waals surface area contributed by atoms with Crippen LogP contribution in [0.4, 0.5) is 5.13 Å². The number of carbonyl (C=O) groups excluding carboxylic acids is 2. The second-order valence-corrected chi connectivity index (χ2v) is 9.62. The number of benzene rings is 1. The van der Waals surface area contributed by atoms with Crippen molar-refractivity contribution in [3.05, 3.63) is 52.1 Å². The molecule has 0 saturated carbocycles. The number of amides is 2. The van der Waals surface area contributed by atoms with Gasteiger partial charge in [0.25, 0.3) is 5.56 Å². The Hall–Kier alpha value is -3.27. The van der Waals surface area contributed by atoms with Crippen LogP contribution in [0.2, 0.25) is 0 Å². The van der Waals surface area contributed by atoms with Gasteiger partial charge in [-0.3, -0.25) is 19.0 Å². The van der Waals surface area contributed by atoms with Gasteiger partial charge >= 0.3 is 0 Å². The SMILES string of the molecule is CCCNC(=O)C1CCN(c2nc3ncn(CC(=O)NCc4ccc(C)cc4)c(=O)c3s2)CC1. The second kappa shape index (κ2) is 10.8. The van der Waals surface area contributed by atoms with Gasteiger partial charge < -0.3 is 15.5 Å². The van der Waals surface area contributed by atoms with E-state index in [1.807, 2.05) is 38.1 Å². The van der Waals surface area contributed by atoms with Gasteiger partial charge in [-0.15, -0.1) is 0 Å². The summed E-state index contributed by atoms with van der Waals surface area (Å²) in [4.78, 5) is 48.5. The van der Waals surface area contributed by atoms with E-state index >= 15 is 0 Å². The van der Waals surface area contributed by atoms with E-state index in [1.54, 1.807) is 0 Å². The van der Waals surface area contributed by atoms with E-state index in [9.17, 15) is 14.4 Å². The van der Waals surface area contributed by atoms with E-state index in [1.165, 1.54) is 22.2 Å². The third-order valence-corrected chi connectivity index (χ3v) is 7.08. The van der Waals surface area contributed by atoms with Crippen molar-refractivity contribution in [2.75, 3.05) is 24.5 Å². The molecule has 1 aromatic carbocycles. The zero-order valence-corrected chi connectivity index (χ0v) is 20.4. The molecular formula is C24H30N6O3S. The lowest BCUT2D eigenvalue weighted by molar-refractivity contribution is -0.125. The minimum Gasteiger partial charge on any atom is -0.356 e. The lowest BCUT2D eigenvalue weighted by Crippen LogP contribution is -2.40. The Bertz CT molecular complexity index is 1210. The molecule has 2 N–H and O–H groups in total. The molecule has 1 aliphatic rings. The van der Waals surface area contributed by atoms with Crippen LogP contribution in [0.3, 0.4) is 0 Å². The van der Waals surface area contributed by atoms with E-state index in [4.69, 9.17) is 0 Å². The number of hydrogen-bond acceptors (Lipinski definition) is 7. The van der Waals surface area contributed by atoms with E-state index in [0.717, 1.165) is 35.5 Å². The molecule has 9 nitrogen and oxygen atoms in total. The van der Waals surface area contributed by atoms with Crippen molar-refractivity contribution in [1.82, 2.24) is 25.2 Å². The number of anilines is 1. The van der Waals surface area contributed by atoms with Crippen molar-refractivity contribution in [1.29, 1.82) is 0 Å². The molecule has 0 unspecified atom stereocenters. The maximum Gasteiger partial charge on any atom is 0.273 e. The predicted octanol–water partition coefficient (Wildman–Crippen LogP) is 2.22. The van der Waals surface area contributed by atoms with E-state index in [-0.39, 0.29) is 29.8 Å². The van der Waals surface area contributed by atoms with Gasteiger partial charge in [-0.2, -0.15) is 4.98 Å². The average molecular weight is 483 g/mol. The summed E-state index contributed by atoms with van der Waals surface area (Å²) in [6.45, 7) is 6.48. The summed E-state index contributed by atoms with van der Waals surface area (Å²) in [5, 5.41) is 6.55. The molecule has 4 rings (SSSR count). The first-order valence-electron chi connectivity index (χ1n) is 11.7. The van der Waals surface area contributed by atoms with Crippen LogP contribution in [-0.2, 0) is 22.7 Å². The van der Waals surface area contributed by atoms with Gasteiger partial charge in [0.05, 0.1) is 0 Å². The van der Waals surface area contributed by atoms with Gasteiger partial charge in [-0.1, -0.05) is 48.1 Å². The van der Waals surface area contributed by atoms with Gasteiger partial charge in [-0.25, -0.2) is 4.98 Å². The fraction of sp³-hybridized carbons (Fsp3) is 0.458. The molecule has 2 aromatic heterocycles. The first-order valence-corrected chi connectivity index (χ1v) is 12.5. The average Bonchev–Trinajstić information content (AvgIpc) is 3.29. The van der Waals surface area contributed by atoms with Crippen molar-refractivity contribution in [2.24, 2.45) is 5.92 Å². The number of nitrogens with one attached hydrogen (secondary N) is 2. The van der Waals surface area contributed by atoms with Crippen LogP contribution in [0, 0.1) is 12.8 Å². The first kappa shape index (κ1) is 23.9. The number of thiazole rings is 1. The third kappa shape index (κ3) is 5.61. The molecule has 0 spiro atoms. The van der Waals surface area contributed by atoms with Crippen LogP contribution in [-0.4, -0.2) is 46.0 Å². The van der Waals surface area contributed by atoms with Gasteiger partial charge in [0.1, 0.15) is 17.6 Å². The molecule has 0 aliphatic carbocycles. The number of hydrogen-bond donors (Lipinski definition) is 2. The van der Waals surface area contributed by atoms with Gasteiger partial charge in [0.15, 0.2) is 10.8 Å². The number of carbonyl (C=O) groups is 2. The number of nitrogens with zero attached hydrogens (tertiary/aromatic N) is 4. The Labute approximate surface area is 202 Å². The lowest BCUT2D eigenvalue weighted by Gasteiger charge is -2.30. The number of aromatic nitrogens is 3. The molecule has 1 fully saturated rings. The highest BCUT2D eigenvalue weighted by Crippen LogP contribution is 2.29. The Kier molecular flexibility index (Phi) is 7.56. The van der Waals surface area contributed by atoms with E-state index in [2.05, 4.69) is 25.5 Å². The Morgan fingerprint density at radius 2 is 1.88 bits per heavy atom. The summed E-state index contributed by atoms with van der Waals surface area (Å²) in [5.41, 5.74) is 2.28. The predicted molar refractivity (Wildman–Crippen MR) is 133 cm³/mol. The summed E-state index contributed by atoms with van der Waals surface area (Å²) in [6.07, 6.45) is 3.81. The molecule has 0 bridgehead atoms. The second-order valence-electron chi connectivity index (χ2n) is 8.64. The topological polar surface area (TPSA) is 109 Å². The van der Waals surface area contributed by atoms with Crippen molar-refractivity contribution in [3.8, 4) is 0 Å². The molecule has 1 saturated heterocycles. The molecule has 3 aromatic rings. The lowest BCUT2D eigenvalue weighted by atomic mass is 9.96. The molecule has 34 heavy (non-hydrogen) atoms. The summed E-state index contributed by atoms with van der Waals surface area (Å²) in [6, 6.07) is 7.92. The third-order valence-electron chi connectivity index (χ3n) is 5.98. The minimum absolute atomic E-state index is 0.0194. The zero-order chi connectivity index (χ0) is 24.1. The van der Waals surface area contributed by atoms with Crippen molar-refractivity contribution in [3.63, 3.8) is 0 Å². The zero-order valence-electron chi connectivity index (χ0n) is 19.5. The molecule has 2 amide bonds. The quantitative estimate of drug-likeness (QED) is 0.510. The van der Waals surface area contributed by atoms with E-state index < -0.39 is 0 Å². The highest BCUT2D eigenvalue weighted by molar-refractivity contribution is 7.22. The normalized spacial score (nSPS) is 14.4. The highest BCUT2D eigenvalue weighted by atomic mass is 32.1. The molecule has 1 aliphatic heterocycles. The van der Waals surface area contributed by atoms with Crippen LogP contribution < -0.4 is 21.1 Å². The molecule has 0 atom stereocenters. The number of rotatable bonds is 8. The number of fused-ring (bicyclic) bond motifs is 1. The van der Waals surface area contributed by atoms with Gasteiger partial charge in [-0.05, 0) is 31.7 Å². The van der Waals surface area contributed by atoms with Crippen LogP contribution >= 0.6 is 11.3 Å². The monoisotopic (exact) mass is 482 g/mol.